The average Bonchev–Trinajstić information content (AvgIpc) is 2.23. The molecular formula is C12H17F2N. The summed E-state index contributed by atoms with van der Waals surface area (Å²) in [5.41, 5.74) is 0.866. The zero-order valence-corrected chi connectivity index (χ0v) is 9.02. The second-order valence-corrected chi connectivity index (χ2v) is 3.56. The molecule has 0 unspecified atom stereocenters. The monoisotopic (exact) mass is 213 g/mol. The number of rotatable bonds is 6. The normalized spacial score (nSPS) is 10.6. The topological polar surface area (TPSA) is 12.0 Å². The minimum Gasteiger partial charge on any atom is -0.317 e. The summed E-state index contributed by atoms with van der Waals surface area (Å²) in [6.07, 6.45) is 2.87. The lowest BCUT2D eigenvalue weighted by atomic mass is 10.1. The van der Waals surface area contributed by atoms with Gasteiger partial charge in [0.1, 0.15) is 0 Å². The lowest BCUT2D eigenvalue weighted by Crippen LogP contribution is -2.13. The van der Waals surface area contributed by atoms with Crippen molar-refractivity contribution in [3.05, 3.63) is 35.4 Å². The lowest BCUT2D eigenvalue weighted by molar-refractivity contribution is 0.506. The molecule has 0 amide bonds. The van der Waals surface area contributed by atoms with Crippen LogP contribution in [0.4, 0.5) is 8.78 Å². The molecule has 0 saturated carbocycles. The lowest BCUT2D eigenvalue weighted by Gasteiger charge is -2.03. The van der Waals surface area contributed by atoms with Gasteiger partial charge in [-0.2, -0.15) is 0 Å². The molecule has 0 aromatic heterocycles. The quantitative estimate of drug-likeness (QED) is 0.716. The predicted octanol–water partition coefficient (Wildman–Crippen LogP) is 2.90. The molecule has 0 heterocycles. The molecule has 84 valence electrons. The van der Waals surface area contributed by atoms with E-state index in [-0.39, 0.29) is 0 Å². The van der Waals surface area contributed by atoms with Crippen LogP contribution in [0.2, 0.25) is 0 Å². The van der Waals surface area contributed by atoms with Crippen LogP contribution in [-0.4, -0.2) is 13.1 Å². The number of halogens is 2. The van der Waals surface area contributed by atoms with Crippen molar-refractivity contribution in [2.75, 3.05) is 13.1 Å². The highest BCUT2D eigenvalue weighted by atomic mass is 19.2. The maximum atomic E-state index is 12.8. The smallest absolute Gasteiger partial charge is 0.159 e. The molecule has 1 rings (SSSR count). The second kappa shape index (κ2) is 6.51. The van der Waals surface area contributed by atoms with Crippen molar-refractivity contribution in [2.24, 2.45) is 0 Å². The highest BCUT2D eigenvalue weighted by Crippen LogP contribution is 2.10. The van der Waals surface area contributed by atoms with Crippen molar-refractivity contribution in [1.29, 1.82) is 0 Å². The van der Waals surface area contributed by atoms with Crippen LogP contribution in [0.5, 0.6) is 0 Å². The summed E-state index contributed by atoms with van der Waals surface area (Å²) in [7, 11) is 0. The third-order valence-corrected chi connectivity index (χ3v) is 2.30. The van der Waals surface area contributed by atoms with Gasteiger partial charge in [-0.05, 0) is 50.0 Å². The summed E-state index contributed by atoms with van der Waals surface area (Å²) in [6.45, 7) is 4.03. The van der Waals surface area contributed by atoms with Crippen LogP contribution in [0.1, 0.15) is 25.3 Å². The Bertz CT molecular complexity index is 300. The largest absolute Gasteiger partial charge is 0.317 e. The molecule has 0 spiro atoms. The van der Waals surface area contributed by atoms with Crippen molar-refractivity contribution in [2.45, 2.75) is 26.2 Å². The SMILES string of the molecule is CCNCCCCc1ccc(F)c(F)c1. The minimum absolute atomic E-state index is 0.751. The van der Waals surface area contributed by atoms with E-state index in [1.807, 2.05) is 0 Å². The zero-order valence-electron chi connectivity index (χ0n) is 9.02. The number of aryl methyl sites for hydroxylation is 1. The molecule has 1 aromatic carbocycles. The molecule has 1 N–H and O–H groups in total. The minimum atomic E-state index is -0.772. The van der Waals surface area contributed by atoms with E-state index in [1.54, 1.807) is 6.07 Å². The van der Waals surface area contributed by atoms with E-state index in [9.17, 15) is 8.78 Å². The molecular weight excluding hydrogens is 196 g/mol. The van der Waals surface area contributed by atoms with Crippen molar-refractivity contribution < 1.29 is 8.78 Å². The Balaban J connectivity index is 2.28. The van der Waals surface area contributed by atoms with Gasteiger partial charge in [0, 0.05) is 0 Å². The Kier molecular flexibility index (Phi) is 5.26. The summed E-state index contributed by atoms with van der Waals surface area (Å²) in [6, 6.07) is 4.11. The molecule has 3 heteroatoms. The third-order valence-electron chi connectivity index (χ3n) is 2.30. The van der Waals surface area contributed by atoms with Crippen molar-refractivity contribution in [3.63, 3.8) is 0 Å². The van der Waals surface area contributed by atoms with Gasteiger partial charge in [0.2, 0.25) is 0 Å². The molecule has 0 aliphatic heterocycles. The molecule has 0 fully saturated rings. The third kappa shape index (κ3) is 4.38. The summed E-state index contributed by atoms with van der Waals surface area (Å²) >= 11 is 0. The van der Waals surface area contributed by atoms with Crippen molar-refractivity contribution in [1.82, 2.24) is 5.32 Å². The van der Waals surface area contributed by atoms with Gasteiger partial charge in [-0.15, -0.1) is 0 Å². The van der Waals surface area contributed by atoms with Crippen LogP contribution in [-0.2, 0) is 6.42 Å². The number of hydrogen-bond donors (Lipinski definition) is 1. The van der Waals surface area contributed by atoms with E-state index >= 15 is 0 Å². The van der Waals surface area contributed by atoms with Crippen molar-refractivity contribution in [3.8, 4) is 0 Å². The molecule has 0 aliphatic rings. The van der Waals surface area contributed by atoms with E-state index in [4.69, 9.17) is 0 Å². The first-order valence-corrected chi connectivity index (χ1v) is 5.38. The van der Waals surface area contributed by atoms with Crippen LogP contribution >= 0.6 is 0 Å². The van der Waals surface area contributed by atoms with E-state index in [1.165, 1.54) is 12.1 Å². The van der Waals surface area contributed by atoms with Crippen LogP contribution in [0.25, 0.3) is 0 Å². The van der Waals surface area contributed by atoms with Crippen LogP contribution in [0.3, 0.4) is 0 Å². The Morgan fingerprint density at radius 2 is 1.93 bits per heavy atom. The first-order chi connectivity index (χ1) is 7.24. The molecule has 0 saturated heterocycles. The van der Waals surface area contributed by atoms with Gasteiger partial charge in [0.25, 0.3) is 0 Å². The van der Waals surface area contributed by atoms with Gasteiger partial charge in [0.05, 0.1) is 0 Å². The summed E-state index contributed by atoms with van der Waals surface area (Å²) < 4.78 is 25.4. The van der Waals surface area contributed by atoms with Crippen LogP contribution in [0, 0.1) is 11.6 Å². The van der Waals surface area contributed by atoms with Crippen LogP contribution in [0.15, 0.2) is 18.2 Å². The molecule has 1 nitrogen and oxygen atoms in total. The van der Waals surface area contributed by atoms with Gasteiger partial charge in [-0.1, -0.05) is 13.0 Å². The fraction of sp³-hybridized carbons (Fsp3) is 0.500. The molecule has 0 aliphatic carbocycles. The molecule has 1 aromatic rings. The number of nitrogens with one attached hydrogen (secondary N) is 1. The van der Waals surface area contributed by atoms with Gasteiger partial charge in [-0.25, -0.2) is 8.78 Å². The van der Waals surface area contributed by atoms with Gasteiger partial charge < -0.3 is 5.32 Å². The molecule has 15 heavy (non-hydrogen) atoms. The highest BCUT2D eigenvalue weighted by Gasteiger charge is 2.01. The highest BCUT2D eigenvalue weighted by molar-refractivity contribution is 5.17. The first kappa shape index (κ1) is 12.1. The Morgan fingerprint density at radius 1 is 1.13 bits per heavy atom. The second-order valence-electron chi connectivity index (χ2n) is 3.56. The zero-order chi connectivity index (χ0) is 11.1. The van der Waals surface area contributed by atoms with Gasteiger partial charge in [-0.3, -0.25) is 0 Å². The number of unbranched alkanes of at least 4 members (excludes halogenated alkanes) is 1. The maximum absolute atomic E-state index is 12.8. The average molecular weight is 213 g/mol. The molecule has 0 radical (unpaired) electrons. The van der Waals surface area contributed by atoms with Crippen molar-refractivity contribution >= 4 is 0 Å². The Morgan fingerprint density at radius 3 is 2.60 bits per heavy atom. The fourth-order valence-corrected chi connectivity index (χ4v) is 1.45. The summed E-state index contributed by atoms with van der Waals surface area (Å²) in [5, 5.41) is 3.22. The van der Waals surface area contributed by atoms with Crippen LogP contribution < -0.4 is 5.32 Å². The predicted molar refractivity (Wildman–Crippen MR) is 57.8 cm³/mol. The van der Waals surface area contributed by atoms with Gasteiger partial charge in [0.15, 0.2) is 11.6 Å². The number of hydrogen-bond acceptors (Lipinski definition) is 1. The fourth-order valence-electron chi connectivity index (χ4n) is 1.45. The number of benzene rings is 1. The van der Waals surface area contributed by atoms with E-state index < -0.39 is 11.6 Å². The van der Waals surface area contributed by atoms with E-state index in [0.717, 1.165) is 37.9 Å². The van der Waals surface area contributed by atoms with E-state index in [0.29, 0.717) is 0 Å². The Hall–Kier alpha value is -0.960. The molecule has 0 bridgehead atoms. The van der Waals surface area contributed by atoms with E-state index in [2.05, 4.69) is 12.2 Å². The molecule has 0 atom stereocenters. The van der Waals surface area contributed by atoms with Gasteiger partial charge >= 0.3 is 0 Å². The first-order valence-electron chi connectivity index (χ1n) is 5.38. The Labute approximate surface area is 89.5 Å². The summed E-state index contributed by atoms with van der Waals surface area (Å²) in [4.78, 5) is 0. The summed E-state index contributed by atoms with van der Waals surface area (Å²) in [5.74, 6) is -1.52. The standard InChI is InChI=1S/C12H17F2N/c1-2-15-8-4-3-5-10-6-7-11(13)12(14)9-10/h6-7,9,15H,2-5,8H2,1H3. The maximum Gasteiger partial charge on any atom is 0.159 e.